The second kappa shape index (κ2) is 9.66. The number of hydrogen-bond donors (Lipinski definition) is 0. The van der Waals surface area contributed by atoms with Crippen LogP contribution in [0.2, 0.25) is 0 Å². The Morgan fingerprint density at radius 1 is 1.21 bits per heavy atom. The monoisotopic (exact) mass is 284 g/mol. The molecule has 1 rings (SSSR count). The molecule has 1 aromatic carbocycles. The summed E-state index contributed by atoms with van der Waals surface area (Å²) in [6.45, 7) is 1.25. The van der Waals surface area contributed by atoms with E-state index in [1.54, 1.807) is 13.2 Å². The van der Waals surface area contributed by atoms with Crippen molar-refractivity contribution >= 4 is 11.6 Å². The lowest BCUT2D eigenvalue weighted by Gasteiger charge is -2.06. The van der Waals surface area contributed by atoms with Crippen LogP contribution in [0, 0.1) is 17.7 Å². The minimum absolute atomic E-state index is 0.343. The van der Waals surface area contributed by atoms with Gasteiger partial charge in [0.05, 0.1) is 6.61 Å². The predicted molar refractivity (Wildman–Crippen MR) is 75.2 cm³/mol. The van der Waals surface area contributed by atoms with Crippen LogP contribution in [-0.4, -0.2) is 26.2 Å². The molecular weight excluding hydrogens is 267 g/mol. The van der Waals surface area contributed by atoms with Crippen molar-refractivity contribution in [2.45, 2.75) is 19.3 Å². The third-order valence-corrected chi connectivity index (χ3v) is 2.52. The van der Waals surface area contributed by atoms with E-state index < -0.39 is 0 Å². The van der Waals surface area contributed by atoms with E-state index in [2.05, 4.69) is 11.8 Å². The summed E-state index contributed by atoms with van der Waals surface area (Å²) >= 11 is 5.53. The normalized spacial score (nSPS) is 9.84. The zero-order valence-electron chi connectivity index (χ0n) is 11.0. The molecular formula is C15H18ClFO2. The summed E-state index contributed by atoms with van der Waals surface area (Å²) in [5, 5.41) is 0. The highest BCUT2D eigenvalue weighted by Crippen LogP contribution is 2.16. The van der Waals surface area contributed by atoms with Gasteiger partial charge in [-0.1, -0.05) is 11.8 Å². The molecule has 0 fully saturated rings. The number of ether oxygens (including phenoxy) is 2. The highest BCUT2D eigenvalue weighted by molar-refractivity contribution is 6.18. The molecule has 0 saturated heterocycles. The molecule has 0 aliphatic carbocycles. The quantitative estimate of drug-likeness (QED) is 0.433. The molecule has 4 heteroatoms. The zero-order chi connectivity index (χ0) is 13.9. The molecule has 1 aromatic rings. The molecule has 0 N–H and O–H groups in total. The van der Waals surface area contributed by atoms with Crippen molar-refractivity contribution in [3.05, 3.63) is 29.6 Å². The first-order valence-electron chi connectivity index (χ1n) is 6.23. The first kappa shape index (κ1) is 15.8. The van der Waals surface area contributed by atoms with Crippen LogP contribution in [0.1, 0.15) is 24.8 Å². The van der Waals surface area contributed by atoms with Crippen LogP contribution in [-0.2, 0) is 4.74 Å². The molecule has 0 unspecified atom stereocenters. The minimum atomic E-state index is -0.343. The molecule has 0 spiro atoms. The molecule has 0 aliphatic heterocycles. The van der Waals surface area contributed by atoms with Crippen molar-refractivity contribution in [1.82, 2.24) is 0 Å². The fourth-order valence-corrected chi connectivity index (χ4v) is 1.56. The van der Waals surface area contributed by atoms with Gasteiger partial charge in [0.25, 0.3) is 0 Å². The van der Waals surface area contributed by atoms with E-state index >= 15 is 0 Å². The minimum Gasteiger partial charge on any atom is -0.493 e. The van der Waals surface area contributed by atoms with Gasteiger partial charge in [0.2, 0.25) is 0 Å². The summed E-state index contributed by atoms with van der Waals surface area (Å²) in [6.07, 6.45) is 2.39. The average molecular weight is 285 g/mol. The third-order valence-electron chi connectivity index (χ3n) is 2.34. The summed E-state index contributed by atoms with van der Waals surface area (Å²) in [5.41, 5.74) is 0.608. The van der Waals surface area contributed by atoms with E-state index in [4.69, 9.17) is 21.1 Å². The summed E-state index contributed by atoms with van der Waals surface area (Å²) in [7, 11) is 1.67. The maximum Gasteiger partial charge on any atom is 0.128 e. The summed E-state index contributed by atoms with van der Waals surface area (Å²) < 4.78 is 23.8. The molecule has 0 aliphatic rings. The van der Waals surface area contributed by atoms with Gasteiger partial charge in [-0.15, -0.1) is 11.6 Å². The fourth-order valence-electron chi connectivity index (χ4n) is 1.47. The number of rotatable bonds is 7. The van der Waals surface area contributed by atoms with Crippen molar-refractivity contribution in [3.8, 4) is 17.6 Å². The van der Waals surface area contributed by atoms with Gasteiger partial charge in [-0.2, -0.15) is 0 Å². The summed E-state index contributed by atoms with van der Waals surface area (Å²) in [5.74, 6) is 6.37. The van der Waals surface area contributed by atoms with Gasteiger partial charge < -0.3 is 9.47 Å². The smallest absolute Gasteiger partial charge is 0.128 e. The van der Waals surface area contributed by atoms with E-state index in [9.17, 15) is 4.39 Å². The van der Waals surface area contributed by atoms with Gasteiger partial charge in [0, 0.05) is 37.6 Å². The maximum atomic E-state index is 13.4. The largest absolute Gasteiger partial charge is 0.493 e. The Morgan fingerprint density at radius 2 is 2.00 bits per heavy atom. The standard InChI is InChI=1S/C15H18ClFO2/c1-18-8-4-5-9-19-15-11-13(6-2-3-7-16)10-14(17)12-15/h10-12H,3-5,7-9H2,1H3. The molecule has 0 bridgehead atoms. The topological polar surface area (TPSA) is 18.5 Å². The molecule has 0 amide bonds. The predicted octanol–water partition coefficient (Wildman–Crippen LogP) is 3.61. The van der Waals surface area contributed by atoms with Crippen LogP contribution in [0.4, 0.5) is 4.39 Å². The van der Waals surface area contributed by atoms with Crippen molar-refractivity contribution in [2.75, 3.05) is 26.2 Å². The molecule has 104 valence electrons. The van der Waals surface area contributed by atoms with Crippen LogP contribution < -0.4 is 4.74 Å². The molecule has 0 aromatic heterocycles. The van der Waals surface area contributed by atoms with E-state index in [1.165, 1.54) is 12.1 Å². The Kier molecular flexibility index (Phi) is 8.04. The van der Waals surface area contributed by atoms with Crippen molar-refractivity contribution in [2.24, 2.45) is 0 Å². The molecule has 0 saturated carbocycles. The lowest BCUT2D eigenvalue weighted by atomic mass is 10.2. The number of unbranched alkanes of at least 4 members (excludes halogenated alkanes) is 1. The number of alkyl halides is 1. The second-order valence-electron chi connectivity index (χ2n) is 3.96. The summed E-state index contributed by atoms with van der Waals surface area (Å²) in [6, 6.07) is 4.49. The number of methoxy groups -OCH3 is 1. The van der Waals surface area contributed by atoms with Gasteiger partial charge >= 0.3 is 0 Å². The summed E-state index contributed by atoms with van der Waals surface area (Å²) in [4.78, 5) is 0. The molecule has 0 heterocycles. The van der Waals surface area contributed by atoms with Crippen LogP contribution >= 0.6 is 11.6 Å². The Bertz CT molecular complexity index is 438. The first-order chi connectivity index (χ1) is 9.26. The van der Waals surface area contributed by atoms with E-state index in [0.29, 0.717) is 36.8 Å². The van der Waals surface area contributed by atoms with E-state index in [1.807, 2.05) is 0 Å². The van der Waals surface area contributed by atoms with Crippen LogP contribution in [0.15, 0.2) is 18.2 Å². The first-order valence-corrected chi connectivity index (χ1v) is 6.77. The van der Waals surface area contributed by atoms with E-state index in [0.717, 1.165) is 12.8 Å². The molecule has 2 nitrogen and oxygen atoms in total. The highest BCUT2D eigenvalue weighted by atomic mass is 35.5. The Labute approximate surface area is 118 Å². The SMILES string of the molecule is COCCCCOc1cc(F)cc(C#CCCCl)c1. The highest BCUT2D eigenvalue weighted by Gasteiger charge is 2.00. The van der Waals surface area contributed by atoms with Gasteiger partial charge in [0.15, 0.2) is 0 Å². The Hall–Kier alpha value is -1.24. The number of halogens is 2. The fraction of sp³-hybridized carbons (Fsp3) is 0.467. The lowest BCUT2D eigenvalue weighted by Crippen LogP contribution is -2.00. The average Bonchev–Trinajstić information content (AvgIpc) is 2.38. The zero-order valence-corrected chi connectivity index (χ0v) is 11.8. The molecule has 0 atom stereocenters. The maximum absolute atomic E-state index is 13.4. The van der Waals surface area contributed by atoms with Gasteiger partial charge in [-0.3, -0.25) is 0 Å². The third kappa shape index (κ3) is 7.05. The lowest BCUT2D eigenvalue weighted by molar-refractivity contribution is 0.184. The Morgan fingerprint density at radius 3 is 2.74 bits per heavy atom. The Balaban J connectivity index is 2.52. The van der Waals surface area contributed by atoms with Gasteiger partial charge in [-0.25, -0.2) is 4.39 Å². The van der Waals surface area contributed by atoms with Crippen molar-refractivity contribution < 1.29 is 13.9 Å². The van der Waals surface area contributed by atoms with E-state index in [-0.39, 0.29) is 5.82 Å². The number of hydrogen-bond acceptors (Lipinski definition) is 2. The number of benzene rings is 1. The van der Waals surface area contributed by atoms with Crippen LogP contribution in [0.25, 0.3) is 0 Å². The van der Waals surface area contributed by atoms with Crippen molar-refractivity contribution in [3.63, 3.8) is 0 Å². The van der Waals surface area contributed by atoms with Crippen molar-refractivity contribution in [1.29, 1.82) is 0 Å². The second-order valence-corrected chi connectivity index (χ2v) is 4.34. The molecule has 0 radical (unpaired) electrons. The van der Waals surface area contributed by atoms with Gasteiger partial charge in [0.1, 0.15) is 11.6 Å². The van der Waals surface area contributed by atoms with Crippen LogP contribution in [0.3, 0.4) is 0 Å². The van der Waals surface area contributed by atoms with Crippen LogP contribution in [0.5, 0.6) is 5.75 Å². The van der Waals surface area contributed by atoms with Gasteiger partial charge in [-0.05, 0) is 25.0 Å². The molecule has 19 heavy (non-hydrogen) atoms.